The lowest BCUT2D eigenvalue weighted by Crippen LogP contribution is -2.15. The zero-order chi connectivity index (χ0) is 18.6. The number of nitrogens with zero attached hydrogens (tertiary/aromatic N) is 1. The first-order chi connectivity index (χ1) is 11.9. The van der Waals surface area contributed by atoms with Crippen LogP contribution in [-0.2, 0) is 22.4 Å². The molecule has 0 unspecified atom stereocenters. The van der Waals surface area contributed by atoms with E-state index in [1.54, 1.807) is 19.2 Å². The predicted octanol–water partition coefficient (Wildman–Crippen LogP) is 2.90. The van der Waals surface area contributed by atoms with E-state index in [1.165, 1.54) is 18.3 Å². The van der Waals surface area contributed by atoms with Crippen molar-refractivity contribution in [1.82, 2.24) is 9.97 Å². The van der Waals surface area contributed by atoms with Crippen LogP contribution in [0.15, 0.2) is 5.38 Å². The summed E-state index contributed by atoms with van der Waals surface area (Å²) >= 11 is 1.23. The van der Waals surface area contributed by atoms with Gasteiger partial charge in [0.2, 0.25) is 0 Å². The fourth-order valence-electron chi connectivity index (χ4n) is 2.67. The number of carbonyl (C=O) groups excluding carboxylic acids is 3. The smallest absolute Gasteiger partial charge is 0.311 e. The Morgan fingerprint density at radius 3 is 2.64 bits per heavy atom. The SMILES string of the molecule is CCOC(=O)Cc1csc(NC(=O)c2[nH]c(C)c(C(C)=O)c2CC)n1. The van der Waals surface area contributed by atoms with Crippen molar-refractivity contribution >= 4 is 34.1 Å². The highest BCUT2D eigenvalue weighted by molar-refractivity contribution is 7.14. The van der Waals surface area contributed by atoms with Crippen molar-refractivity contribution in [2.75, 3.05) is 11.9 Å². The third-order valence-electron chi connectivity index (χ3n) is 3.63. The Hall–Kier alpha value is -2.48. The number of esters is 1. The Labute approximate surface area is 149 Å². The maximum Gasteiger partial charge on any atom is 0.311 e. The van der Waals surface area contributed by atoms with Crippen LogP contribution in [0.25, 0.3) is 0 Å². The van der Waals surface area contributed by atoms with Crippen molar-refractivity contribution in [3.8, 4) is 0 Å². The Kier molecular flexibility index (Phi) is 6.08. The minimum atomic E-state index is -0.357. The molecule has 2 rings (SSSR count). The van der Waals surface area contributed by atoms with E-state index in [0.717, 1.165) is 0 Å². The second kappa shape index (κ2) is 8.06. The molecule has 0 aliphatic carbocycles. The molecule has 0 aliphatic heterocycles. The van der Waals surface area contributed by atoms with Crippen LogP contribution in [0.3, 0.4) is 0 Å². The summed E-state index contributed by atoms with van der Waals surface area (Å²) in [5, 5.41) is 4.81. The summed E-state index contributed by atoms with van der Waals surface area (Å²) in [5.41, 5.74) is 2.85. The monoisotopic (exact) mass is 363 g/mol. The summed E-state index contributed by atoms with van der Waals surface area (Å²) in [5.74, 6) is -0.787. The van der Waals surface area contributed by atoms with Gasteiger partial charge in [0.05, 0.1) is 18.7 Å². The van der Waals surface area contributed by atoms with Gasteiger partial charge in [-0.1, -0.05) is 6.92 Å². The second-order valence-electron chi connectivity index (χ2n) is 5.47. The second-order valence-corrected chi connectivity index (χ2v) is 6.33. The summed E-state index contributed by atoms with van der Waals surface area (Å²) in [6, 6.07) is 0. The van der Waals surface area contributed by atoms with Crippen LogP contribution in [0, 0.1) is 6.92 Å². The van der Waals surface area contributed by atoms with Crippen molar-refractivity contribution in [2.45, 2.75) is 40.5 Å². The highest BCUT2D eigenvalue weighted by Crippen LogP contribution is 2.23. The van der Waals surface area contributed by atoms with Crippen LogP contribution in [0.1, 0.15) is 58.6 Å². The molecule has 0 aromatic carbocycles. The first-order valence-corrected chi connectivity index (χ1v) is 8.89. The van der Waals surface area contributed by atoms with E-state index >= 15 is 0 Å². The summed E-state index contributed by atoms with van der Waals surface area (Å²) in [6.07, 6.45) is 0.629. The molecule has 0 radical (unpaired) electrons. The predicted molar refractivity (Wildman–Crippen MR) is 95.3 cm³/mol. The van der Waals surface area contributed by atoms with Crippen LogP contribution in [0.5, 0.6) is 0 Å². The number of carbonyl (C=O) groups is 3. The Bertz CT molecular complexity index is 807. The summed E-state index contributed by atoms with van der Waals surface area (Å²) in [4.78, 5) is 43.0. The molecule has 0 saturated carbocycles. The number of ketones is 1. The van der Waals surface area contributed by atoms with Gasteiger partial charge in [-0.3, -0.25) is 19.7 Å². The molecule has 134 valence electrons. The Balaban J connectivity index is 2.15. The lowest BCUT2D eigenvalue weighted by molar-refractivity contribution is -0.142. The van der Waals surface area contributed by atoms with Crippen molar-refractivity contribution in [3.05, 3.63) is 33.6 Å². The fourth-order valence-corrected chi connectivity index (χ4v) is 3.37. The zero-order valence-corrected chi connectivity index (χ0v) is 15.5. The number of hydrogen-bond acceptors (Lipinski definition) is 6. The van der Waals surface area contributed by atoms with E-state index in [2.05, 4.69) is 15.3 Å². The van der Waals surface area contributed by atoms with Gasteiger partial charge in [-0.15, -0.1) is 11.3 Å². The largest absolute Gasteiger partial charge is 0.466 e. The molecular formula is C17H21N3O4S. The number of nitrogens with one attached hydrogen (secondary N) is 2. The van der Waals surface area contributed by atoms with Gasteiger partial charge in [-0.2, -0.15) is 0 Å². The molecular weight excluding hydrogens is 342 g/mol. The van der Waals surface area contributed by atoms with E-state index in [0.29, 0.717) is 46.4 Å². The normalized spacial score (nSPS) is 10.6. The van der Waals surface area contributed by atoms with Crippen molar-refractivity contribution in [1.29, 1.82) is 0 Å². The number of hydrogen-bond donors (Lipinski definition) is 2. The summed E-state index contributed by atoms with van der Waals surface area (Å²) in [7, 11) is 0. The third kappa shape index (κ3) is 4.33. The minimum Gasteiger partial charge on any atom is -0.466 e. The van der Waals surface area contributed by atoms with Gasteiger partial charge in [-0.25, -0.2) is 4.98 Å². The van der Waals surface area contributed by atoms with Gasteiger partial charge in [0.1, 0.15) is 5.69 Å². The van der Waals surface area contributed by atoms with Crippen LogP contribution in [0.2, 0.25) is 0 Å². The minimum absolute atomic E-state index is 0.0660. The summed E-state index contributed by atoms with van der Waals surface area (Å²) < 4.78 is 4.88. The molecule has 2 N–H and O–H groups in total. The highest BCUT2D eigenvalue weighted by atomic mass is 32.1. The van der Waals surface area contributed by atoms with Crippen LogP contribution >= 0.6 is 11.3 Å². The van der Waals surface area contributed by atoms with Gasteiger partial charge < -0.3 is 9.72 Å². The van der Waals surface area contributed by atoms with E-state index < -0.39 is 0 Å². The molecule has 25 heavy (non-hydrogen) atoms. The van der Waals surface area contributed by atoms with Gasteiger partial charge in [0.15, 0.2) is 10.9 Å². The number of amides is 1. The molecule has 2 aromatic rings. The van der Waals surface area contributed by atoms with Gasteiger partial charge in [-0.05, 0) is 32.8 Å². The molecule has 2 heterocycles. The number of anilines is 1. The van der Waals surface area contributed by atoms with E-state index in [-0.39, 0.29) is 24.1 Å². The number of rotatable bonds is 7. The topological polar surface area (TPSA) is 101 Å². The summed E-state index contributed by atoms with van der Waals surface area (Å²) in [6.45, 7) is 7.21. The molecule has 2 aromatic heterocycles. The van der Waals surface area contributed by atoms with Crippen molar-refractivity contribution < 1.29 is 19.1 Å². The molecule has 0 saturated heterocycles. The zero-order valence-electron chi connectivity index (χ0n) is 14.7. The number of aromatic nitrogens is 2. The lowest BCUT2D eigenvalue weighted by Gasteiger charge is -2.03. The molecule has 0 aliphatic rings. The highest BCUT2D eigenvalue weighted by Gasteiger charge is 2.22. The van der Waals surface area contributed by atoms with E-state index in [4.69, 9.17) is 4.74 Å². The molecule has 7 nitrogen and oxygen atoms in total. The average Bonchev–Trinajstić information content (AvgIpc) is 3.10. The average molecular weight is 363 g/mol. The van der Waals surface area contributed by atoms with Gasteiger partial charge in [0, 0.05) is 16.6 Å². The first-order valence-electron chi connectivity index (χ1n) is 8.01. The number of thiazole rings is 1. The van der Waals surface area contributed by atoms with E-state index in [9.17, 15) is 14.4 Å². The lowest BCUT2D eigenvalue weighted by atomic mass is 10.0. The molecule has 1 amide bonds. The molecule has 0 spiro atoms. The van der Waals surface area contributed by atoms with Crippen LogP contribution in [-0.4, -0.2) is 34.2 Å². The maximum atomic E-state index is 12.5. The number of aryl methyl sites for hydroxylation is 1. The quantitative estimate of drug-likeness (QED) is 0.582. The number of ether oxygens (including phenoxy) is 1. The van der Waals surface area contributed by atoms with E-state index in [1.807, 2.05) is 6.92 Å². The Morgan fingerprint density at radius 2 is 2.04 bits per heavy atom. The number of Topliss-reactive ketones (excluding diaryl/α,β-unsaturated/α-hetero) is 1. The maximum absolute atomic E-state index is 12.5. The fraction of sp³-hybridized carbons (Fsp3) is 0.412. The number of aromatic amines is 1. The van der Waals surface area contributed by atoms with Crippen LogP contribution < -0.4 is 5.32 Å². The first kappa shape index (κ1) is 18.9. The molecule has 0 fully saturated rings. The van der Waals surface area contributed by atoms with Crippen molar-refractivity contribution in [2.24, 2.45) is 0 Å². The van der Waals surface area contributed by atoms with Gasteiger partial charge in [0.25, 0.3) is 5.91 Å². The van der Waals surface area contributed by atoms with Crippen molar-refractivity contribution in [3.63, 3.8) is 0 Å². The van der Waals surface area contributed by atoms with Gasteiger partial charge >= 0.3 is 5.97 Å². The molecule has 8 heteroatoms. The standard InChI is InChI=1S/C17H21N3O4S/c1-5-12-14(10(4)21)9(3)18-15(12)16(23)20-17-19-11(8-25-17)7-13(22)24-6-2/h8,18H,5-7H2,1-4H3,(H,19,20,23). The molecule has 0 atom stereocenters. The Morgan fingerprint density at radius 1 is 1.32 bits per heavy atom. The number of H-pyrrole nitrogens is 1. The molecule has 0 bridgehead atoms. The third-order valence-corrected chi connectivity index (χ3v) is 4.43. The van der Waals surface area contributed by atoms with Crippen LogP contribution in [0.4, 0.5) is 5.13 Å².